The molecule has 0 aliphatic rings. The van der Waals surface area contributed by atoms with Gasteiger partial charge < -0.3 is 14.6 Å². The molecule has 0 fully saturated rings. The Kier molecular flexibility index (Phi) is 4.47. The Labute approximate surface area is 116 Å². The molecule has 6 heteroatoms. The summed E-state index contributed by atoms with van der Waals surface area (Å²) in [5.74, 6) is 0.0529. The number of rotatable bonds is 5. The Bertz CT molecular complexity index is 592. The topological polar surface area (TPSA) is 64.5 Å². The molecule has 1 N–H and O–H groups in total. The van der Waals surface area contributed by atoms with E-state index in [1.165, 1.54) is 32.7 Å². The van der Waals surface area contributed by atoms with E-state index in [0.717, 1.165) is 0 Å². The van der Waals surface area contributed by atoms with Gasteiger partial charge in [-0.25, -0.2) is 14.4 Å². The molecule has 1 aromatic heterocycles. The van der Waals surface area contributed by atoms with Gasteiger partial charge in [0.05, 0.1) is 26.0 Å². The van der Waals surface area contributed by atoms with E-state index in [9.17, 15) is 9.50 Å². The summed E-state index contributed by atoms with van der Waals surface area (Å²) < 4.78 is 23.4. The fraction of sp³-hybridized carbons (Fsp3) is 0.286. The van der Waals surface area contributed by atoms with Crippen LogP contribution < -0.4 is 9.47 Å². The summed E-state index contributed by atoms with van der Waals surface area (Å²) in [6.07, 6.45) is 0.732. The summed E-state index contributed by atoms with van der Waals surface area (Å²) in [6.45, 7) is 0. The number of aliphatic hydroxyl groups excluding tert-OH is 1. The largest absolute Gasteiger partial charge is 0.494 e. The van der Waals surface area contributed by atoms with Crippen LogP contribution >= 0.6 is 0 Å². The van der Waals surface area contributed by atoms with Gasteiger partial charge in [-0.2, -0.15) is 0 Å². The SMILES string of the molecule is COc1cc(CC(O)c2ccc(OC)c(F)c2)ncn1. The van der Waals surface area contributed by atoms with Gasteiger partial charge in [0.15, 0.2) is 11.6 Å². The first-order chi connectivity index (χ1) is 9.63. The quantitative estimate of drug-likeness (QED) is 0.905. The molecule has 2 rings (SSSR count). The van der Waals surface area contributed by atoms with Gasteiger partial charge in [0.2, 0.25) is 5.88 Å². The number of benzene rings is 1. The van der Waals surface area contributed by atoms with Crippen LogP contribution in [0.4, 0.5) is 4.39 Å². The third-order valence-electron chi connectivity index (χ3n) is 2.87. The molecule has 2 aromatic rings. The van der Waals surface area contributed by atoms with Gasteiger partial charge in [-0.15, -0.1) is 0 Å². The number of aromatic nitrogens is 2. The zero-order valence-corrected chi connectivity index (χ0v) is 11.2. The second-order valence-corrected chi connectivity index (χ2v) is 4.17. The van der Waals surface area contributed by atoms with Crippen molar-refractivity contribution in [1.29, 1.82) is 0 Å². The smallest absolute Gasteiger partial charge is 0.216 e. The molecule has 0 aliphatic carbocycles. The molecule has 1 atom stereocenters. The average Bonchev–Trinajstić information content (AvgIpc) is 2.47. The van der Waals surface area contributed by atoms with Crippen molar-refractivity contribution in [3.05, 3.63) is 47.7 Å². The van der Waals surface area contributed by atoms with E-state index in [-0.39, 0.29) is 12.2 Å². The predicted molar refractivity (Wildman–Crippen MR) is 70.2 cm³/mol. The van der Waals surface area contributed by atoms with Crippen molar-refractivity contribution in [3.63, 3.8) is 0 Å². The molecule has 0 saturated carbocycles. The van der Waals surface area contributed by atoms with E-state index in [4.69, 9.17) is 9.47 Å². The Morgan fingerprint density at radius 3 is 2.65 bits per heavy atom. The lowest BCUT2D eigenvalue weighted by molar-refractivity contribution is 0.176. The molecule has 0 bridgehead atoms. The molecule has 5 nitrogen and oxygen atoms in total. The second kappa shape index (κ2) is 6.29. The Morgan fingerprint density at radius 2 is 2.00 bits per heavy atom. The van der Waals surface area contributed by atoms with Crippen molar-refractivity contribution in [2.24, 2.45) is 0 Å². The highest BCUT2D eigenvalue weighted by molar-refractivity contribution is 5.31. The van der Waals surface area contributed by atoms with Crippen molar-refractivity contribution >= 4 is 0 Å². The summed E-state index contributed by atoms with van der Waals surface area (Å²) in [5, 5.41) is 10.1. The maximum Gasteiger partial charge on any atom is 0.216 e. The maximum atomic E-state index is 13.6. The van der Waals surface area contributed by atoms with Crippen molar-refractivity contribution in [1.82, 2.24) is 9.97 Å². The molecule has 20 heavy (non-hydrogen) atoms. The van der Waals surface area contributed by atoms with Gasteiger partial charge in [-0.3, -0.25) is 0 Å². The van der Waals surface area contributed by atoms with E-state index < -0.39 is 11.9 Å². The number of nitrogens with zero attached hydrogens (tertiary/aromatic N) is 2. The van der Waals surface area contributed by atoms with Crippen LogP contribution in [0.2, 0.25) is 0 Å². The summed E-state index contributed by atoms with van der Waals surface area (Å²) in [5.41, 5.74) is 1.07. The zero-order chi connectivity index (χ0) is 14.5. The average molecular weight is 278 g/mol. The Balaban J connectivity index is 2.14. The Hall–Kier alpha value is -2.21. The van der Waals surface area contributed by atoms with Crippen LogP contribution in [0.3, 0.4) is 0 Å². The van der Waals surface area contributed by atoms with E-state index in [1.807, 2.05) is 0 Å². The fourth-order valence-electron chi connectivity index (χ4n) is 1.81. The normalized spacial score (nSPS) is 12.0. The van der Waals surface area contributed by atoms with E-state index in [1.54, 1.807) is 12.1 Å². The molecule has 1 aromatic carbocycles. The molecule has 0 radical (unpaired) electrons. The summed E-state index contributed by atoms with van der Waals surface area (Å²) in [7, 11) is 2.89. The highest BCUT2D eigenvalue weighted by Crippen LogP contribution is 2.24. The number of hydrogen-bond acceptors (Lipinski definition) is 5. The molecular weight excluding hydrogens is 263 g/mol. The van der Waals surface area contributed by atoms with Gasteiger partial charge in [0, 0.05) is 12.5 Å². The number of halogens is 1. The first kappa shape index (κ1) is 14.2. The molecule has 0 aliphatic heterocycles. The minimum Gasteiger partial charge on any atom is -0.494 e. The number of hydrogen-bond donors (Lipinski definition) is 1. The summed E-state index contributed by atoms with van der Waals surface area (Å²) in [4.78, 5) is 7.92. The van der Waals surface area contributed by atoms with Crippen molar-refractivity contribution in [2.75, 3.05) is 14.2 Å². The lowest BCUT2D eigenvalue weighted by atomic mass is 10.0. The van der Waals surface area contributed by atoms with Crippen LogP contribution in [0.25, 0.3) is 0 Å². The zero-order valence-electron chi connectivity index (χ0n) is 11.2. The molecule has 0 saturated heterocycles. The van der Waals surface area contributed by atoms with E-state index in [2.05, 4.69) is 9.97 Å². The number of aliphatic hydroxyl groups is 1. The minimum atomic E-state index is -0.866. The fourth-order valence-corrected chi connectivity index (χ4v) is 1.81. The third kappa shape index (κ3) is 3.21. The summed E-state index contributed by atoms with van der Waals surface area (Å²) in [6, 6.07) is 5.98. The third-order valence-corrected chi connectivity index (χ3v) is 2.87. The van der Waals surface area contributed by atoms with Crippen LogP contribution in [0.15, 0.2) is 30.6 Å². The summed E-state index contributed by atoms with van der Waals surface area (Å²) >= 11 is 0. The maximum absolute atomic E-state index is 13.6. The first-order valence-corrected chi connectivity index (χ1v) is 6.00. The van der Waals surface area contributed by atoms with Gasteiger partial charge in [-0.1, -0.05) is 6.07 Å². The van der Waals surface area contributed by atoms with E-state index >= 15 is 0 Å². The van der Waals surface area contributed by atoms with Crippen LogP contribution in [-0.2, 0) is 6.42 Å². The second-order valence-electron chi connectivity index (χ2n) is 4.17. The van der Waals surface area contributed by atoms with Gasteiger partial charge in [0.1, 0.15) is 6.33 Å². The van der Waals surface area contributed by atoms with Crippen LogP contribution in [0.1, 0.15) is 17.4 Å². The molecule has 0 amide bonds. The van der Waals surface area contributed by atoms with Crippen molar-refractivity contribution in [3.8, 4) is 11.6 Å². The highest BCUT2D eigenvalue weighted by Gasteiger charge is 2.13. The van der Waals surface area contributed by atoms with E-state index in [0.29, 0.717) is 17.1 Å². The van der Waals surface area contributed by atoms with Crippen molar-refractivity contribution in [2.45, 2.75) is 12.5 Å². The number of ether oxygens (including phenoxy) is 2. The highest BCUT2D eigenvalue weighted by atomic mass is 19.1. The van der Waals surface area contributed by atoms with Crippen LogP contribution in [0, 0.1) is 5.82 Å². The molecule has 1 heterocycles. The lowest BCUT2D eigenvalue weighted by Gasteiger charge is -2.12. The molecular formula is C14H15FN2O3. The monoisotopic (exact) mass is 278 g/mol. The van der Waals surface area contributed by atoms with Crippen LogP contribution in [-0.4, -0.2) is 29.3 Å². The molecule has 1 unspecified atom stereocenters. The van der Waals surface area contributed by atoms with Gasteiger partial charge >= 0.3 is 0 Å². The molecule has 106 valence electrons. The lowest BCUT2D eigenvalue weighted by Crippen LogP contribution is -2.05. The first-order valence-electron chi connectivity index (χ1n) is 6.00. The minimum absolute atomic E-state index is 0.143. The van der Waals surface area contributed by atoms with Crippen LogP contribution in [0.5, 0.6) is 11.6 Å². The van der Waals surface area contributed by atoms with Gasteiger partial charge in [-0.05, 0) is 17.7 Å². The molecule has 0 spiro atoms. The standard InChI is InChI=1S/C14H15FN2O3/c1-19-13-4-3-9(5-11(13)15)12(18)6-10-7-14(20-2)17-8-16-10/h3-5,7-8,12,18H,6H2,1-2H3. The number of methoxy groups -OCH3 is 2. The van der Waals surface area contributed by atoms with Gasteiger partial charge in [0.25, 0.3) is 0 Å². The predicted octanol–water partition coefficient (Wildman–Crippen LogP) is 1.91. The van der Waals surface area contributed by atoms with Crippen molar-refractivity contribution < 1.29 is 19.0 Å². The Morgan fingerprint density at radius 1 is 1.20 bits per heavy atom.